The predicted octanol–water partition coefficient (Wildman–Crippen LogP) is 3.14. The van der Waals surface area contributed by atoms with E-state index in [1.165, 1.54) is 37.9 Å². The van der Waals surface area contributed by atoms with Crippen LogP contribution in [0.3, 0.4) is 0 Å². The molecule has 0 radical (unpaired) electrons. The van der Waals surface area contributed by atoms with Gasteiger partial charge in [0.15, 0.2) is 5.96 Å². The normalized spacial score (nSPS) is 21.8. The van der Waals surface area contributed by atoms with Crippen LogP contribution in [0.5, 0.6) is 5.75 Å². The van der Waals surface area contributed by atoms with Crippen LogP contribution in [-0.2, 0) is 0 Å². The van der Waals surface area contributed by atoms with Crippen LogP contribution >= 0.6 is 0 Å². The molecule has 0 aromatic heterocycles. The minimum absolute atomic E-state index is 0.371. The number of hydrogen-bond acceptors (Lipinski definition) is 3. The quantitative estimate of drug-likeness (QED) is 0.648. The van der Waals surface area contributed by atoms with Crippen LogP contribution in [-0.4, -0.2) is 62.6 Å². The van der Waals surface area contributed by atoms with Gasteiger partial charge in [-0.3, -0.25) is 9.89 Å². The highest BCUT2D eigenvalue weighted by atomic mass is 16.5. The van der Waals surface area contributed by atoms with Crippen LogP contribution in [0.15, 0.2) is 29.3 Å². The van der Waals surface area contributed by atoms with Gasteiger partial charge in [0.25, 0.3) is 0 Å². The second kappa shape index (κ2) is 8.30. The largest absolute Gasteiger partial charge is 0.497 e. The van der Waals surface area contributed by atoms with Gasteiger partial charge in [-0.25, -0.2) is 0 Å². The van der Waals surface area contributed by atoms with Crippen molar-refractivity contribution in [2.45, 2.75) is 39.2 Å². The molecule has 1 aromatic carbocycles. The first-order valence-electron chi connectivity index (χ1n) is 9.86. The molecule has 2 aliphatic heterocycles. The van der Waals surface area contributed by atoms with E-state index in [0.717, 1.165) is 31.3 Å². The minimum atomic E-state index is 0.371. The summed E-state index contributed by atoms with van der Waals surface area (Å²) in [6.07, 6.45) is 3.81. The fourth-order valence-electron chi connectivity index (χ4n) is 4.15. The average Bonchev–Trinajstić information content (AvgIpc) is 3.29. The molecule has 3 rings (SSSR count). The first-order valence-corrected chi connectivity index (χ1v) is 9.86. The van der Waals surface area contributed by atoms with Crippen molar-refractivity contribution in [3.8, 4) is 5.75 Å². The summed E-state index contributed by atoms with van der Waals surface area (Å²) in [7, 11) is 3.61. The van der Waals surface area contributed by atoms with Gasteiger partial charge in [-0.1, -0.05) is 26.0 Å². The fraction of sp³-hybridized carbons (Fsp3) is 0.667. The van der Waals surface area contributed by atoms with Crippen LogP contribution < -0.4 is 10.1 Å². The van der Waals surface area contributed by atoms with Gasteiger partial charge in [-0.15, -0.1) is 0 Å². The van der Waals surface area contributed by atoms with Gasteiger partial charge in [-0.05, 0) is 55.5 Å². The monoisotopic (exact) mass is 358 g/mol. The number of rotatable bonds is 5. The summed E-state index contributed by atoms with van der Waals surface area (Å²) in [5.41, 5.74) is 1.72. The zero-order valence-corrected chi connectivity index (χ0v) is 16.8. The molecule has 0 spiro atoms. The van der Waals surface area contributed by atoms with E-state index in [1.807, 2.05) is 7.05 Å². The van der Waals surface area contributed by atoms with Gasteiger partial charge in [0.05, 0.1) is 13.2 Å². The summed E-state index contributed by atoms with van der Waals surface area (Å²) in [6.45, 7) is 10.1. The Bertz CT molecular complexity index is 605. The second-order valence-electron chi connectivity index (χ2n) is 8.30. The third kappa shape index (κ3) is 4.50. The lowest BCUT2D eigenvalue weighted by atomic mass is 9.93. The van der Waals surface area contributed by atoms with Crippen LogP contribution in [0, 0.1) is 5.41 Å². The first-order chi connectivity index (χ1) is 12.5. The van der Waals surface area contributed by atoms with Crippen molar-refractivity contribution in [3.05, 3.63) is 29.8 Å². The lowest BCUT2D eigenvalue weighted by molar-refractivity contribution is 0.243. The van der Waals surface area contributed by atoms with E-state index in [0.29, 0.717) is 11.5 Å². The molecule has 0 saturated carbocycles. The summed E-state index contributed by atoms with van der Waals surface area (Å²) in [4.78, 5) is 9.54. The molecule has 2 fully saturated rings. The number of benzene rings is 1. The predicted molar refractivity (Wildman–Crippen MR) is 108 cm³/mol. The zero-order valence-electron chi connectivity index (χ0n) is 16.8. The third-order valence-corrected chi connectivity index (χ3v) is 5.72. The Morgan fingerprint density at radius 2 is 1.88 bits per heavy atom. The van der Waals surface area contributed by atoms with Gasteiger partial charge in [0.2, 0.25) is 0 Å². The van der Waals surface area contributed by atoms with Gasteiger partial charge in [-0.2, -0.15) is 0 Å². The van der Waals surface area contributed by atoms with E-state index in [1.54, 1.807) is 7.11 Å². The first kappa shape index (κ1) is 19.0. The summed E-state index contributed by atoms with van der Waals surface area (Å²) < 4.78 is 5.32. The summed E-state index contributed by atoms with van der Waals surface area (Å²) >= 11 is 0. The Morgan fingerprint density at radius 3 is 2.42 bits per heavy atom. The van der Waals surface area contributed by atoms with E-state index in [9.17, 15) is 0 Å². The lowest BCUT2D eigenvalue weighted by Crippen LogP contribution is -2.44. The maximum atomic E-state index is 5.32. The number of hydrogen-bond donors (Lipinski definition) is 1. The lowest BCUT2D eigenvalue weighted by Gasteiger charge is -2.31. The van der Waals surface area contributed by atoms with Crippen LogP contribution in [0.1, 0.15) is 44.7 Å². The van der Waals surface area contributed by atoms with Gasteiger partial charge in [0.1, 0.15) is 5.75 Å². The highest BCUT2D eigenvalue weighted by Crippen LogP contribution is 2.29. The standard InChI is InChI=1S/C21H34N4O/c1-21(2)11-14-25(16-21)20(22-3)23-15-19(24-12-5-6-13-24)17-7-9-18(26-4)10-8-17/h7-10,19H,5-6,11-16H2,1-4H3,(H,22,23). The molecule has 2 aliphatic rings. The molecule has 0 amide bonds. The highest BCUT2D eigenvalue weighted by molar-refractivity contribution is 5.80. The number of aliphatic imine (C=N–C) groups is 1. The van der Waals surface area contributed by atoms with E-state index in [4.69, 9.17) is 4.74 Å². The number of ether oxygens (including phenoxy) is 1. The number of guanidine groups is 1. The molecular weight excluding hydrogens is 324 g/mol. The third-order valence-electron chi connectivity index (χ3n) is 5.72. The molecule has 0 aliphatic carbocycles. The van der Waals surface area contributed by atoms with Crippen LogP contribution in [0.4, 0.5) is 0 Å². The number of nitrogens with one attached hydrogen (secondary N) is 1. The molecule has 1 aromatic rings. The molecule has 2 heterocycles. The summed E-state index contributed by atoms with van der Waals surface area (Å²) in [5.74, 6) is 1.95. The Morgan fingerprint density at radius 1 is 1.19 bits per heavy atom. The molecule has 1 atom stereocenters. The van der Waals surface area contributed by atoms with Crippen molar-refractivity contribution < 1.29 is 4.74 Å². The van der Waals surface area contributed by atoms with Crippen molar-refractivity contribution in [2.24, 2.45) is 10.4 Å². The van der Waals surface area contributed by atoms with Crippen molar-refractivity contribution in [3.63, 3.8) is 0 Å². The van der Waals surface area contributed by atoms with Crippen molar-refractivity contribution in [1.29, 1.82) is 0 Å². The molecule has 1 N–H and O–H groups in total. The van der Waals surface area contributed by atoms with Crippen LogP contribution in [0.2, 0.25) is 0 Å². The maximum absolute atomic E-state index is 5.32. The molecule has 5 heteroatoms. The Hall–Kier alpha value is -1.75. The topological polar surface area (TPSA) is 40.1 Å². The summed E-state index contributed by atoms with van der Waals surface area (Å²) in [5, 5.41) is 3.66. The van der Waals surface area contributed by atoms with Crippen molar-refractivity contribution in [1.82, 2.24) is 15.1 Å². The highest BCUT2D eigenvalue weighted by Gasteiger charge is 2.31. The molecule has 0 bridgehead atoms. The van der Waals surface area contributed by atoms with Crippen molar-refractivity contribution >= 4 is 5.96 Å². The molecule has 5 nitrogen and oxygen atoms in total. The van der Waals surface area contributed by atoms with E-state index in [-0.39, 0.29) is 0 Å². The Labute approximate surface area is 158 Å². The number of nitrogens with zero attached hydrogens (tertiary/aromatic N) is 3. The molecule has 2 saturated heterocycles. The SMILES string of the molecule is CN=C(NCC(c1ccc(OC)cc1)N1CCCC1)N1CCC(C)(C)C1. The van der Waals surface area contributed by atoms with Gasteiger partial charge >= 0.3 is 0 Å². The molecule has 26 heavy (non-hydrogen) atoms. The smallest absolute Gasteiger partial charge is 0.193 e. The van der Waals surface area contributed by atoms with E-state index < -0.39 is 0 Å². The van der Waals surface area contributed by atoms with Crippen LogP contribution in [0.25, 0.3) is 0 Å². The Balaban J connectivity index is 1.69. The minimum Gasteiger partial charge on any atom is -0.497 e. The summed E-state index contributed by atoms with van der Waals surface area (Å²) in [6, 6.07) is 8.90. The maximum Gasteiger partial charge on any atom is 0.193 e. The van der Waals surface area contributed by atoms with E-state index in [2.05, 4.69) is 58.2 Å². The average molecular weight is 359 g/mol. The van der Waals surface area contributed by atoms with E-state index >= 15 is 0 Å². The Kier molecular flexibility index (Phi) is 6.07. The van der Waals surface area contributed by atoms with Crippen molar-refractivity contribution in [2.75, 3.05) is 46.9 Å². The fourth-order valence-corrected chi connectivity index (χ4v) is 4.15. The molecule has 1 unspecified atom stereocenters. The van der Waals surface area contributed by atoms with Gasteiger partial charge in [0, 0.05) is 26.7 Å². The number of likely N-dealkylation sites (tertiary alicyclic amines) is 2. The number of methoxy groups -OCH3 is 1. The van der Waals surface area contributed by atoms with Gasteiger partial charge < -0.3 is 15.0 Å². The molecular formula is C21H34N4O. The zero-order chi connectivity index (χ0) is 18.6. The molecule has 144 valence electrons. The second-order valence-corrected chi connectivity index (χ2v) is 8.30.